The molecule has 1 aromatic heterocycles. The van der Waals surface area contributed by atoms with Gasteiger partial charge in [-0.1, -0.05) is 18.2 Å². The number of carbonyl (C=O) groups excluding carboxylic acids is 2. The molecule has 5 nitrogen and oxygen atoms in total. The third-order valence-electron chi connectivity index (χ3n) is 4.04. The first-order chi connectivity index (χ1) is 12.1. The predicted octanol–water partition coefficient (Wildman–Crippen LogP) is 2.93. The molecule has 1 aliphatic rings. The molecule has 3 rings (SSSR count). The summed E-state index contributed by atoms with van der Waals surface area (Å²) in [5, 5.41) is 0. The van der Waals surface area contributed by atoms with Crippen molar-refractivity contribution in [2.45, 2.75) is 12.5 Å². The van der Waals surface area contributed by atoms with Gasteiger partial charge in [-0.3, -0.25) is 9.59 Å². The number of furan rings is 1. The number of carbonyl (C=O) groups is 2. The summed E-state index contributed by atoms with van der Waals surface area (Å²) in [5.41, 5.74) is 0.340. The summed E-state index contributed by atoms with van der Waals surface area (Å²) in [6.07, 6.45) is 4.32. The van der Waals surface area contributed by atoms with Gasteiger partial charge in [-0.25, -0.2) is 4.39 Å². The van der Waals surface area contributed by atoms with Gasteiger partial charge in [0.2, 0.25) is 5.91 Å². The summed E-state index contributed by atoms with van der Waals surface area (Å²) in [6, 6.07) is 9.09. The number of nitrogens with zero attached hydrogens (tertiary/aromatic N) is 1. The number of amides is 1. The summed E-state index contributed by atoms with van der Waals surface area (Å²) in [4.78, 5) is 26.3. The van der Waals surface area contributed by atoms with E-state index in [0.29, 0.717) is 18.7 Å². The molecule has 1 fully saturated rings. The molecule has 1 atom stereocenters. The van der Waals surface area contributed by atoms with E-state index in [2.05, 4.69) is 0 Å². The summed E-state index contributed by atoms with van der Waals surface area (Å²) in [7, 11) is 0. The highest BCUT2D eigenvalue weighted by molar-refractivity contribution is 5.95. The first-order valence-electron chi connectivity index (χ1n) is 8.03. The summed E-state index contributed by atoms with van der Waals surface area (Å²) in [6.45, 7) is 1.08. The minimum Gasteiger partial charge on any atom is -0.461 e. The Kier molecular flexibility index (Phi) is 5.40. The van der Waals surface area contributed by atoms with Crippen molar-refractivity contribution < 1.29 is 23.1 Å². The highest BCUT2D eigenvalue weighted by atomic mass is 19.1. The third kappa shape index (κ3) is 4.22. The van der Waals surface area contributed by atoms with Crippen LogP contribution in [-0.4, -0.2) is 42.4 Å². The van der Waals surface area contributed by atoms with Crippen LogP contribution in [0.2, 0.25) is 0 Å². The van der Waals surface area contributed by atoms with Crippen molar-refractivity contribution in [1.82, 2.24) is 4.90 Å². The molecule has 2 heterocycles. The summed E-state index contributed by atoms with van der Waals surface area (Å²) >= 11 is 0. The standard InChI is InChI=1S/C19H18FNO4/c20-16-5-2-1-4-14(16)7-8-19(23)21-9-11-24-13-15(21)12-17(22)18-6-3-10-25-18/h1-8,10,15H,9,11-13H2. The lowest BCUT2D eigenvalue weighted by atomic mass is 10.1. The minimum atomic E-state index is -0.391. The first-order valence-corrected chi connectivity index (χ1v) is 8.03. The average molecular weight is 343 g/mol. The van der Waals surface area contributed by atoms with E-state index in [4.69, 9.17) is 9.15 Å². The van der Waals surface area contributed by atoms with E-state index >= 15 is 0 Å². The number of hydrogen-bond donors (Lipinski definition) is 0. The third-order valence-corrected chi connectivity index (χ3v) is 4.04. The van der Waals surface area contributed by atoms with Crippen LogP contribution in [0.15, 0.2) is 53.2 Å². The smallest absolute Gasteiger partial charge is 0.246 e. The van der Waals surface area contributed by atoms with E-state index in [0.717, 1.165) is 0 Å². The van der Waals surface area contributed by atoms with Crippen LogP contribution in [0.3, 0.4) is 0 Å². The molecule has 0 aliphatic carbocycles. The van der Waals surface area contributed by atoms with Crippen molar-refractivity contribution in [2.24, 2.45) is 0 Å². The molecule has 0 spiro atoms. The first kappa shape index (κ1) is 17.1. The van der Waals surface area contributed by atoms with Crippen molar-refractivity contribution in [3.63, 3.8) is 0 Å². The van der Waals surface area contributed by atoms with E-state index < -0.39 is 5.82 Å². The Morgan fingerprint density at radius 2 is 2.08 bits per heavy atom. The Balaban J connectivity index is 1.68. The number of rotatable bonds is 5. The lowest BCUT2D eigenvalue weighted by molar-refractivity contribution is -0.134. The number of Topliss-reactive ketones (excluding diaryl/α,β-unsaturated/α-hetero) is 1. The molecular weight excluding hydrogens is 325 g/mol. The lowest BCUT2D eigenvalue weighted by Gasteiger charge is -2.34. The van der Waals surface area contributed by atoms with Crippen LogP contribution in [0.5, 0.6) is 0 Å². The molecule has 130 valence electrons. The lowest BCUT2D eigenvalue weighted by Crippen LogP contribution is -2.49. The van der Waals surface area contributed by atoms with Gasteiger partial charge in [0.25, 0.3) is 0 Å². The Hall–Kier alpha value is -2.73. The van der Waals surface area contributed by atoms with E-state index in [1.165, 1.54) is 24.5 Å². The van der Waals surface area contributed by atoms with Gasteiger partial charge in [0.05, 0.1) is 25.5 Å². The molecule has 0 bridgehead atoms. The molecule has 1 saturated heterocycles. The fraction of sp³-hybridized carbons (Fsp3) is 0.263. The number of ketones is 1. The van der Waals surface area contributed by atoms with Gasteiger partial charge in [0.15, 0.2) is 11.5 Å². The van der Waals surface area contributed by atoms with E-state index in [-0.39, 0.29) is 36.5 Å². The van der Waals surface area contributed by atoms with Crippen LogP contribution >= 0.6 is 0 Å². The Bertz CT molecular complexity index is 769. The molecule has 1 aromatic carbocycles. The van der Waals surface area contributed by atoms with Crippen molar-refractivity contribution in [1.29, 1.82) is 0 Å². The molecule has 1 amide bonds. The number of benzene rings is 1. The monoisotopic (exact) mass is 343 g/mol. The highest BCUT2D eigenvalue weighted by Crippen LogP contribution is 2.16. The normalized spacial score (nSPS) is 17.8. The molecule has 1 unspecified atom stereocenters. The topological polar surface area (TPSA) is 59.8 Å². The maximum atomic E-state index is 13.6. The average Bonchev–Trinajstić information content (AvgIpc) is 3.16. The molecule has 25 heavy (non-hydrogen) atoms. The van der Waals surface area contributed by atoms with Crippen molar-refractivity contribution in [3.8, 4) is 0 Å². The quantitative estimate of drug-likeness (QED) is 0.619. The molecule has 2 aromatic rings. The maximum Gasteiger partial charge on any atom is 0.246 e. The Labute approximate surface area is 144 Å². The number of halogens is 1. The molecule has 0 saturated carbocycles. The fourth-order valence-electron chi connectivity index (χ4n) is 2.73. The molecule has 6 heteroatoms. The number of ether oxygens (including phenoxy) is 1. The van der Waals surface area contributed by atoms with E-state index in [1.807, 2.05) is 0 Å². The minimum absolute atomic E-state index is 0.118. The second kappa shape index (κ2) is 7.90. The maximum absolute atomic E-state index is 13.6. The molecule has 0 radical (unpaired) electrons. The van der Waals surface area contributed by atoms with Crippen LogP contribution in [0, 0.1) is 5.82 Å². The zero-order valence-corrected chi connectivity index (χ0v) is 13.6. The van der Waals surface area contributed by atoms with E-state index in [9.17, 15) is 14.0 Å². The van der Waals surface area contributed by atoms with Gasteiger partial charge in [-0.15, -0.1) is 0 Å². The van der Waals surface area contributed by atoms with Gasteiger partial charge in [0, 0.05) is 24.6 Å². The zero-order valence-electron chi connectivity index (χ0n) is 13.6. The SMILES string of the molecule is O=C(CC1COCCN1C(=O)C=Cc1ccccc1F)c1ccco1. The van der Waals surface area contributed by atoms with Crippen molar-refractivity contribution in [3.05, 3.63) is 65.9 Å². The summed E-state index contributed by atoms with van der Waals surface area (Å²) < 4.78 is 24.1. The predicted molar refractivity (Wildman–Crippen MR) is 89.4 cm³/mol. The molecular formula is C19H18FNO4. The van der Waals surface area contributed by atoms with Crippen molar-refractivity contribution >= 4 is 17.8 Å². The van der Waals surface area contributed by atoms with Crippen LogP contribution in [0.25, 0.3) is 6.08 Å². The van der Waals surface area contributed by atoms with Crippen LogP contribution < -0.4 is 0 Å². The van der Waals surface area contributed by atoms with Gasteiger partial charge in [-0.2, -0.15) is 0 Å². The molecule has 0 N–H and O–H groups in total. The van der Waals surface area contributed by atoms with Gasteiger partial charge in [-0.05, 0) is 24.3 Å². The van der Waals surface area contributed by atoms with Crippen LogP contribution in [0.4, 0.5) is 4.39 Å². The second-order valence-electron chi connectivity index (χ2n) is 5.72. The Morgan fingerprint density at radius 1 is 1.24 bits per heavy atom. The summed E-state index contributed by atoms with van der Waals surface area (Å²) in [5.74, 6) is -0.585. The van der Waals surface area contributed by atoms with Crippen LogP contribution in [-0.2, 0) is 9.53 Å². The van der Waals surface area contributed by atoms with Gasteiger partial charge < -0.3 is 14.1 Å². The fourth-order valence-corrected chi connectivity index (χ4v) is 2.73. The van der Waals surface area contributed by atoms with Crippen LogP contribution in [0.1, 0.15) is 22.5 Å². The molecule has 1 aliphatic heterocycles. The zero-order chi connectivity index (χ0) is 17.6. The highest BCUT2D eigenvalue weighted by Gasteiger charge is 2.29. The van der Waals surface area contributed by atoms with E-state index in [1.54, 1.807) is 35.2 Å². The number of morpholine rings is 1. The van der Waals surface area contributed by atoms with Crippen molar-refractivity contribution in [2.75, 3.05) is 19.8 Å². The largest absolute Gasteiger partial charge is 0.461 e. The van der Waals surface area contributed by atoms with Gasteiger partial charge >= 0.3 is 0 Å². The van der Waals surface area contributed by atoms with Gasteiger partial charge in [0.1, 0.15) is 5.82 Å². The second-order valence-corrected chi connectivity index (χ2v) is 5.72. The Morgan fingerprint density at radius 3 is 2.84 bits per heavy atom. The number of hydrogen-bond acceptors (Lipinski definition) is 4.